The number of benzene rings is 1. The van der Waals surface area contributed by atoms with Crippen molar-refractivity contribution in [1.29, 1.82) is 0 Å². The Labute approximate surface area is 126 Å². The summed E-state index contributed by atoms with van der Waals surface area (Å²) in [5.41, 5.74) is 1.79. The lowest BCUT2D eigenvalue weighted by atomic mass is 10.1. The van der Waals surface area contributed by atoms with Gasteiger partial charge in [0.05, 0.1) is 4.92 Å². The van der Waals surface area contributed by atoms with E-state index in [0.29, 0.717) is 5.92 Å². The van der Waals surface area contributed by atoms with E-state index in [9.17, 15) is 10.1 Å². The molecule has 1 fully saturated rings. The van der Waals surface area contributed by atoms with E-state index in [4.69, 9.17) is 0 Å². The fourth-order valence-electron chi connectivity index (χ4n) is 2.96. The van der Waals surface area contributed by atoms with Crippen LogP contribution in [-0.2, 0) is 0 Å². The van der Waals surface area contributed by atoms with Crippen molar-refractivity contribution in [3.8, 4) is 0 Å². The van der Waals surface area contributed by atoms with Crippen LogP contribution in [0.3, 0.4) is 0 Å². The lowest BCUT2D eigenvalue weighted by molar-refractivity contribution is -0.384. The van der Waals surface area contributed by atoms with Crippen molar-refractivity contribution in [3.63, 3.8) is 0 Å². The minimum Gasteiger partial charge on any atom is -0.385 e. The zero-order valence-corrected chi connectivity index (χ0v) is 12.9. The Bertz CT molecular complexity index is 490. The third-order valence-corrected chi connectivity index (χ3v) is 4.11. The van der Waals surface area contributed by atoms with Gasteiger partial charge < -0.3 is 10.6 Å². The van der Waals surface area contributed by atoms with Gasteiger partial charge in [0.15, 0.2) is 0 Å². The molecule has 1 aromatic rings. The summed E-state index contributed by atoms with van der Waals surface area (Å²) in [7, 11) is 0. The van der Waals surface area contributed by atoms with Crippen LogP contribution >= 0.6 is 0 Å². The second-order valence-corrected chi connectivity index (χ2v) is 6.12. The lowest BCUT2D eigenvalue weighted by Crippen LogP contribution is -2.12. The number of rotatable bonds is 7. The molecule has 21 heavy (non-hydrogen) atoms. The Hall–Kier alpha value is -1.78. The molecule has 2 unspecified atom stereocenters. The van der Waals surface area contributed by atoms with Gasteiger partial charge in [-0.15, -0.1) is 0 Å². The molecule has 5 nitrogen and oxygen atoms in total. The first-order valence-electron chi connectivity index (χ1n) is 7.85. The first-order valence-corrected chi connectivity index (χ1v) is 7.85. The van der Waals surface area contributed by atoms with Gasteiger partial charge in [-0.25, -0.2) is 0 Å². The molecule has 0 amide bonds. The number of hydrogen-bond acceptors (Lipinski definition) is 4. The number of nitro benzene ring substituents is 1. The Morgan fingerprint density at radius 3 is 2.52 bits per heavy atom. The minimum atomic E-state index is -0.333. The molecule has 2 rings (SSSR count). The molecule has 116 valence electrons. The number of nitrogens with one attached hydrogen (secondary N) is 2. The Morgan fingerprint density at radius 1 is 1.24 bits per heavy atom. The SMILES string of the molecule is CCCNc1cc(NCC2CCC(C)C2)cc([N+](=O)[O-])c1. The highest BCUT2D eigenvalue weighted by molar-refractivity contribution is 5.63. The van der Waals surface area contributed by atoms with Crippen LogP contribution in [0.15, 0.2) is 18.2 Å². The van der Waals surface area contributed by atoms with E-state index in [-0.39, 0.29) is 10.6 Å². The summed E-state index contributed by atoms with van der Waals surface area (Å²) in [5.74, 6) is 1.50. The van der Waals surface area contributed by atoms with Crippen LogP contribution in [0.1, 0.15) is 39.5 Å². The molecule has 2 atom stereocenters. The van der Waals surface area contributed by atoms with Gasteiger partial charge in [0.1, 0.15) is 0 Å². The zero-order chi connectivity index (χ0) is 15.2. The first kappa shape index (κ1) is 15.6. The van der Waals surface area contributed by atoms with Crippen molar-refractivity contribution < 1.29 is 4.92 Å². The molecule has 0 radical (unpaired) electrons. The highest BCUT2D eigenvalue weighted by atomic mass is 16.6. The fourth-order valence-corrected chi connectivity index (χ4v) is 2.96. The molecule has 2 N–H and O–H groups in total. The van der Waals surface area contributed by atoms with Crippen LogP contribution in [0, 0.1) is 22.0 Å². The standard InChI is InChI=1S/C16H25N3O2/c1-3-6-17-14-8-15(10-16(9-14)19(20)21)18-11-13-5-4-12(2)7-13/h8-10,12-13,17-18H,3-7,11H2,1-2H3. The summed E-state index contributed by atoms with van der Waals surface area (Å²) < 4.78 is 0. The van der Waals surface area contributed by atoms with Gasteiger partial charge in [-0.1, -0.05) is 20.3 Å². The zero-order valence-electron chi connectivity index (χ0n) is 12.9. The van der Waals surface area contributed by atoms with E-state index in [1.165, 1.54) is 19.3 Å². The van der Waals surface area contributed by atoms with Crippen molar-refractivity contribution in [2.45, 2.75) is 39.5 Å². The normalized spacial score (nSPS) is 21.2. The summed E-state index contributed by atoms with van der Waals surface area (Å²) in [6.07, 6.45) is 4.79. The van der Waals surface area contributed by atoms with E-state index in [2.05, 4.69) is 24.5 Å². The summed E-state index contributed by atoms with van der Waals surface area (Å²) >= 11 is 0. The van der Waals surface area contributed by atoms with Crippen LogP contribution in [0.4, 0.5) is 17.1 Å². The highest BCUT2D eigenvalue weighted by Gasteiger charge is 2.21. The van der Waals surface area contributed by atoms with Gasteiger partial charge in [0.2, 0.25) is 0 Å². The Morgan fingerprint density at radius 2 is 1.95 bits per heavy atom. The van der Waals surface area contributed by atoms with Crippen molar-refractivity contribution >= 4 is 17.1 Å². The highest BCUT2D eigenvalue weighted by Crippen LogP contribution is 2.31. The van der Waals surface area contributed by atoms with E-state index < -0.39 is 0 Å². The third kappa shape index (κ3) is 4.62. The molecule has 0 aliphatic heterocycles. The maximum absolute atomic E-state index is 11.0. The molecule has 0 bridgehead atoms. The van der Waals surface area contributed by atoms with Gasteiger partial charge in [-0.05, 0) is 37.2 Å². The first-order chi connectivity index (χ1) is 10.1. The second-order valence-electron chi connectivity index (χ2n) is 6.12. The number of non-ortho nitro benzene ring substituents is 1. The molecular weight excluding hydrogens is 266 g/mol. The summed E-state index contributed by atoms with van der Waals surface area (Å²) in [6, 6.07) is 5.18. The van der Waals surface area contributed by atoms with Crippen LogP contribution < -0.4 is 10.6 Å². The van der Waals surface area contributed by atoms with Gasteiger partial charge in [0.25, 0.3) is 5.69 Å². The van der Waals surface area contributed by atoms with Gasteiger partial charge >= 0.3 is 0 Å². The molecule has 0 heterocycles. The Balaban J connectivity index is 2.02. The number of anilines is 2. The van der Waals surface area contributed by atoms with Gasteiger partial charge in [-0.2, -0.15) is 0 Å². The molecule has 1 saturated carbocycles. The average Bonchev–Trinajstić information content (AvgIpc) is 2.88. The molecule has 1 aromatic carbocycles. The molecule has 0 spiro atoms. The second kappa shape index (κ2) is 7.29. The van der Waals surface area contributed by atoms with Crippen LogP contribution in [-0.4, -0.2) is 18.0 Å². The Kier molecular flexibility index (Phi) is 5.42. The largest absolute Gasteiger partial charge is 0.385 e. The molecule has 0 aromatic heterocycles. The van der Waals surface area contributed by atoms with Gasteiger partial charge in [-0.3, -0.25) is 10.1 Å². The van der Waals surface area contributed by atoms with Crippen LogP contribution in [0.2, 0.25) is 0 Å². The van der Waals surface area contributed by atoms with E-state index in [1.807, 2.05) is 6.07 Å². The predicted molar refractivity (Wildman–Crippen MR) is 86.9 cm³/mol. The molecule has 1 aliphatic carbocycles. The average molecular weight is 291 g/mol. The summed E-state index contributed by atoms with van der Waals surface area (Å²) in [6.45, 7) is 6.09. The third-order valence-electron chi connectivity index (χ3n) is 4.11. The van der Waals surface area contributed by atoms with Crippen LogP contribution in [0.5, 0.6) is 0 Å². The molecule has 5 heteroatoms. The van der Waals surface area contributed by atoms with Gasteiger partial charge in [0, 0.05) is 36.6 Å². The van der Waals surface area contributed by atoms with Crippen molar-refractivity contribution in [3.05, 3.63) is 28.3 Å². The minimum absolute atomic E-state index is 0.137. The quantitative estimate of drug-likeness (QED) is 0.581. The molecular formula is C16H25N3O2. The maximum atomic E-state index is 11.0. The van der Waals surface area contributed by atoms with Crippen molar-refractivity contribution in [1.82, 2.24) is 0 Å². The predicted octanol–water partition coefficient (Wildman–Crippen LogP) is 4.26. The van der Waals surface area contributed by atoms with Crippen molar-refractivity contribution in [2.75, 3.05) is 23.7 Å². The number of nitro groups is 1. The monoisotopic (exact) mass is 291 g/mol. The van der Waals surface area contributed by atoms with E-state index in [0.717, 1.165) is 36.8 Å². The van der Waals surface area contributed by atoms with E-state index in [1.54, 1.807) is 12.1 Å². The van der Waals surface area contributed by atoms with Crippen LogP contribution in [0.25, 0.3) is 0 Å². The smallest absolute Gasteiger partial charge is 0.273 e. The molecule has 1 aliphatic rings. The van der Waals surface area contributed by atoms with E-state index >= 15 is 0 Å². The summed E-state index contributed by atoms with van der Waals surface area (Å²) in [5, 5.41) is 17.6. The topological polar surface area (TPSA) is 67.2 Å². The summed E-state index contributed by atoms with van der Waals surface area (Å²) in [4.78, 5) is 10.7. The molecule has 0 saturated heterocycles. The maximum Gasteiger partial charge on any atom is 0.273 e. The lowest BCUT2D eigenvalue weighted by Gasteiger charge is -2.14. The fraction of sp³-hybridized carbons (Fsp3) is 0.625. The number of nitrogens with zero attached hydrogens (tertiary/aromatic N) is 1. The number of hydrogen-bond donors (Lipinski definition) is 2. The van der Waals surface area contributed by atoms with Crippen molar-refractivity contribution in [2.24, 2.45) is 11.8 Å².